The predicted molar refractivity (Wildman–Crippen MR) is 97.3 cm³/mol. The van der Waals surface area contributed by atoms with Gasteiger partial charge in [0.1, 0.15) is 0 Å². The molecule has 0 unspecified atom stereocenters. The monoisotopic (exact) mass is 423 g/mol. The van der Waals surface area contributed by atoms with E-state index in [2.05, 4.69) is 21.2 Å². The van der Waals surface area contributed by atoms with E-state index >= 15 is 0 Å². The number of non-ortho nitro benzene ring substituents is 1. The Morgan fingerprint density at radius 3 is 2.54 bits per heavy atom. The summed E-state index contributed by atoms with van der Waals surface area (Å²) in [6, 6.07) is 10.0. The molecule has 0 fully saturated rings. The maximum atomic E-state index is 12.0. The Morgan fingerprint density at radius 1 is 1.12 bits per heavy atom. The molecule has 0 spiro atoms. The zero-order valence-electron chi connectivity index (χ0n) is 13.4. The third-order valence-electron chi connectivity index (χ3n) is 3.30. The number of halogens is 1. The number of amides is 1. The van der Waals surface area contributed by atoms with Gasteiger partial charge in [0.15, 0.2) is 5.75 Å². The molecule has 2 aromatic rings. The fourth-order valence-electron chi connectivity index (χ4n) is 2.08. The number of nitrogens with one attached hydrogen (secondary N) is 1. The molecule has 0 aromatic heterocycles. The van der Waals surface area contributed by atoms with Gasteiger partial charge in [-0.05, 0) is 34.5 Å². The minimum atomic E-state index is -0.553. The van der Waals surface area contributed by atoms with Gasteiger partial charge in [0.05, 0.1) is 22.1 Å². The molecule has 0 heterocycles. The number of hydrogen-bond acceptors (Lipinski definition) is 6. The van der Waals surface area contributed by atoms with Crippen LogP contribution in [0.1, 0.15) is 12.8 Å². The van der Waals surface area contributed by atoms with E-state index in [1.165, 1.54) is 36.4 Å². The first kappa shape index (κ1) is 19.3. The summed E-state index contributed by atoms with van der Waals surface area (Å²) in [6.07, 6.45) is 0.417. The lowest BCUT2D eigenvalue weighted by Crippen LogP contribution is -2.13. The minimum absolute atomic E-state index is 0.0930. The van der Waals surface area contributed by atoms with E-state index in [4.69, 9.17) is 4.74 Å². The second-order valence-electron chi connectivity index (χ2n) is 5.15. The van der Waals surface area contributed by atoms with Gasteiger partial charge in [0, 0.05) is 29.1 Å². The molecule has 2 rings (SSSR count). The number of nitrogens with zero attached hydrogens (tertiary/aromatic N) is 2. The van der Waals surface area contributed by atoms with Gasteiger partial charge in [-0.25, -0.2) is 0 Å². The molecular weight excluding hydrogens is 410 g/mol. The Balaban J connectivity index is 1.86. The third-order valence-corrected chi connectivity index (χ3v) is 3.99. The van der Waals surface area contributed by atoms with E-state index < -0.39 is 9.85 Å². The van der Waals surface area contributed by atoms with Crippen molar-refractivity contribution in [1.29, 1.82) is 0 Å². The van der Waals surface area contributed by atoms with Crippen LogP contribution < -0.4 is 10.1 Å². The molecule has 10 heteroatoms. The Bertz CT molecular complexity index is 842. The number of rotatable bonds is 8. The van der Waals surface area contributed by atoms with E-state index in [-0.39, 0.29) is 36.1 Å². The van der Waals surface area contributed by atoms with Crippen LogP contribution in [-0.2, 0) is 4.79 Å². The molecule has 26 heavy (non-hydrogen) atoms. The highest BCUT2D eigenvalue weighted by molar-refractivity contribution is 9.10. The van der Waals surface area contributed by atoms with E-state index in [1.54, 1.807) is 6.07 Å². The average Bonchev–Trinajstić information content (AvgIpc) is 2.60. The van der Waals surface area contributed by atoms with Gasteiger partial charge >= 0.3 is 5.69 Å². The quantitative estimate of drug-likeness (QED) is 0.387. The van der Waals surface area contributed by atoms with E-state index in [1.807, 2.05) is 0 Å². The first-order valence-electron chi connectivity index (χ1n) is 7.48. The number of nitro benzene ring substituents is 2. The molecule has 0 saturated carbocycles. The first-order valence-corrected chi connectivity index (χ1v) is 8.28. The van der Waals surface area contributed by atoms with Crippen LogP contribution in [0, 0.1) is 20.2 Å². The minimum Gasteiger partial charge on any atom is -0.487 e. The smallest absolute Gasteiger partial charge is 0.310 e. The molecule has 1 amide bonds. The van der Waals surface area contributed by atoms with Crippen molar-refractivity contribution in [3.05, 3.63) is 67.2 Å². The molecule has 0 saturated heterocycles. The maximum Gasteiger partial charge on any atom is 0.310 e. The van der Waals surface area contributed by atoms with Crippen molar-refractivity contribution < 1.29 is 19.4 Å². The summed E-state index contributed by atoms with van der Waals surface area (Å²) < 4.78 is 5.87. The van der Waals surface area contributed by atoms with Gasteiger partial charge in [-0.1, -0.05) is 12.1 Å². The normalized spacial score (nSPS) is 10.2. The van der Waals surface area contributed by atoms with Crippen LogP contribution >= 0.6 is 15.9 Å². The molecular formula is C16H14BrN3O6. The summed E-state index contributed by atoms with van der Waals surface area (Å²) in [5, 5.41) is 24.2. The summed E-state index contributed by atoms with van der Waals surface area (Å²) in [6.45, 7) is 0.119. The topological polar surface area (TPSA) is 125 Å². The predicted octanol–water partition coefficient (Wildman–Crippen LogP) is 4.06. The molecule has 136 valence electrons. The van der Waals surface area contributed by atoms with Crippen molar-refractivity contribution in [2.24, 2.45) is 0 Å². The largest absolute Gasteiger partial charge is 0.487 e. The maximum absolute atomic E-state index is 12.0. The van der Waals surface area contributed by atoms with Crippen molar-refractivity contribution in [1.82, 2.24) is 0 Å². The van der Waals surface area contributed by atoms with Crippen molar-refractivity contribution in [3.63, 3.8) is 0 Å². The van der Waals surface area contributed by atoms with E-state index in [9.17, 15) is 25.0 Å². The molecule has 0 atom stereocenters. The van der Waals surface area contributed by atoms with Gasteiger partial charge in [-0.2, -0.15) is 0 Å². The highest BCUT2D eigenvalue weighted by Crippen LogP contribution is 2.28. The number of carbonyl (C=O) groups excluding carboxylic acids is 1. The van der Waals surface area contributed by atoms with Crippen LogP contribution in [0.15, 0.2) is 46.9 Å². The van der Waals surface area contributed by atoms with Crippen molar-refractivity contribution in [3.8, 4) is 5.75 Å². The lowest BCUT2D eigenvalue weighted by molar-refractivity contribution is -0.385. The number of para-hydroxylation sites is 2. The second-order valence-corrected chi connectivity index (χ2v) is 6.00. The standard InChI is InChI=1S/C16H14BrN3O6/c17-12-8-7-11(19(22)23)10-13(12)18-16(21)6-3-9-26-15-5-2-1-4-14(15)20(24)25/h1-2,4-5,7-8,10H,3,6,9H2,(H,18,21). The lowest BCUT2D eigenvalue weighted by atomic mass is 10.2. The van der Waals surface area contributed by atoms with Crippen LogP contribution in [0.4, 0.5) is 17.1 Å². The molecule has 9 nitrogen and oxygen atoms in total. The molecule has 0 aliphatic rings. The zero-order chi connectivity index (χ0) is 19.1. The third kappa shape index (κ3) is 5.24. The van der Waals surface area contributed by atoms with Gasteiger partial charge < -0.3 is 10.1 Å². The van der Waals surface area contributed by atoms with E-state index in [0.29, 0.717) is 16.6 Å². The second kappa shape index (κ2) is 8.90. The lowest BCUT2D eigenvalue weighted by Gasteiger charge is -2.08. The van der Waals surface area contributed by atoms with Gasteiger partial charge in [0.25, 0.3) is 5.69 Å². The Morgan fingerprint density at radius 2 is 1.85 bits per heavy atom. The number of benzene rings is 2. The summed E-state index contributed by atoms with van der Waals surface area (Å²) in [5.41, 5.74) is 0.0181. The molecule has 2 aromatic carbocycles. The molecule has 0 radical (unpaired) electrons. The number of carbonyl (C=O) groups is 1. The van der Waals surface area contributed by atoms with Crippen LogP contribution in [0.5, 0.6) is 5.75 Å². The highest BCUT2D eigenvalue weighted by atomic mass is 79.9. The summed E-state index contributed by atoms with van der Waals surface area (Å²) >= 11 is 3.22. The van der Waals surface area contributed by atoms with Crippen LogP contribution in [0.25, 0.3) is 0 Å². The zero-order valence-corrected chi connectivity index (χ0v) is 15.0. The summed E-state index contributed by atoms with van der Waals surface area (Å²) in [5.74, 6) is -0.211. The first-order chi connectivity index (χ1) is 12.4. The summed E-state index contributed by atoms with van der Waals surface area (Å²) in [7, 11) is 0. The Hall–Kier alpha value is -3.01. The molecule has 1 N–H and O–H groups in total. The van der Waals surface area contributed by atoms with Crippen molar-refractivity contribution in [2.75, 3.05) is 11.9 Å². The number of ether oxygens (including phenoxy) is 1. The SMILES string of the molecule is O=C(CCCOc1ccccc1[N+](=O)[O-])Nc1cc([N+](=O)[O-])ccc1Br. The van der Waals surface area contributed by atoms with Gasteiger partial charge in [-0.15, -0.1) is 0 Å². The van der Waals surface area contributed by atoms with Crippen molar-refractivity contribution >= 4 is 38.9 Å². The molecule has 0 aliphatic carbocycles. The molecule has 0 bridgehead atoms. The van der Waals surface area contributed by atoms with E-state index in [0.717, 1.165) is 0 Å². The fraction of sp³-hybridized carbons (Fsp3) is 0.188. The van der Waals surface area contributed by atoms with Crippen LogP contribution in [0.3, 0.4) is 0 Å². The Kier molecular flexibility index (Phi) is 6.61. The number of anilines is 1. The van der Waals surface area contributed by atoms with Crippen LogP contribution in [0.2, 0.25) is 0 Å². The summed E-state index contributed by atoms with van der Waals surface area (Å²) in [4.78, 5) is 32.5. The average molecular weight is 424 g/mol. The van der Waals surface area contributed by atoms with Crippen LogP contribution in [-0.4, -0.2) is 22.4 Å². The highest BCUT2D eigenvalue weighted by Gasteiger charge is 2.14. The van der Waals surface area contributed by atoms with Gasteiger partial charge in [0.2, 0.25) is 5.91 Å². The van der Waals surface area contributed by atoms with Crippen molar-refractivity contribution in [2.45, 2.75) is 12.8 Å². The molecule has 0 aliphatic heterocycles. The van der Waals surface area contributed by atoms with Gasteiger partial charge in [-0.3, -0.25) is 25.0 Å². The Labute approximate surface area is 156 Å². The number of hydrogen-bond donors (Lipinski definition) is 1. The fourth-order valence-corrected chi connectivity index (χ4v) is 2.43. The number of nitro groups is 2.